The Morgan fingerprint density at radius 2 is 2.14 bits per heavy atom. The molecule has 0 aliphatic heterocycles. The van der Waals surface area contributed by atoms with E-state index < -0.39 is 5.97 Å². The molecule has 1 fully saturated rings. The van der Waals surface area contributed by atoms with Gasteiger partial charge in [-0.2, -0.15) is 0 Å². The highest BCUT2D eigenvalue weighted by atomic mass is 35.5. The number of para-hydroxylation sites is 1. The molecule has 29 heavy (non-hydrogen) atoms. The van der Waals surface area contributed by atoms with Crippen molar-refractivity contribution < 1.29 is 23.8 Å². The zero-order chi connectivity index (χ0) is 21.0. The Morgan fingerprint density at radius 3 is 2.83 bits per heavy atom. The van der Waals surface area contributed by atoms with Gasteiger partial charge in [-0.25, -0.2) is 0 Å². The number of allylic oxidation sites excluding steroid dienone is 3. The number of benzene rings is 1. The molecule has 0 bridgehead atoms. The van der Waals surface area contributed by atoms with Crippen LogP contribution in [0.1, 0.15) is 25.5 Å². The van der Waals surface area contributed by atoms with E-state index in [1.807, 2.05) is 0 Å². The van der Waals surface area contributed by atoms with Gasteiger partial charge in [-0.3, -0.25) is 9.59 Å². The van der Waals surface area contributed by atoms with Crippen LogP contribution in [0.3, 0.4) is 0 Å². The van der Waals surface area contributed by atoms with E-state index in [9.17, 15) is 9.59 Å². The third-order valence-electron chi connectivity index (χ3n) is 4.81. The number of aliphatic carboxylic acids is 1. The number of carbonyl (C=O) groups is 1. The molecule has 0 unspecified atom stereocenters. The molecule has 0 saturated heterocycles. The third kappa shape index (κ3) is 4.81. The third-order valence-corrected chi connectivity index (χ3v) is 5.11. The number of carboxylic acids is 1. The van der Waals surface area contributed by atoms with Gasteiger partial charge in [0.05, 0.1) is 34.6 Å². The largest absolute Gasteiger partial charge is 0.495 e. The molecule has 1 aliphatic carbocycles. The van der Waals surface area contributed by atoms with Crippen LogP contribution in [0.4, 0.5) is 0 Å². The van der Waals surface area contributed by atoms with Crippen LogP contribution >= 0.6 is 11.6 Å². The number of halogens is 1. The maximum atomic E-state index is 12.4. The van der Waals surface area contributed by atoms with E-state index in [4.69, 9.17) is 36.3 Å². The average molecular weight is 420 g/mol. The molecule has 1 aromatic carbocycles. The van der Waals surface area contributed by atoms with E-state index in [2.05, 4.69) is 0 Å². The fourth-order valence-electron chi connectivity index (χ4n) is 3.14. The van der Waals surface area contributed by atoms with Crippen molar-refractivity contribution in [1.29, 1.82) is 0 Å². The van der Waals surface area contributed by atoms with Crippen LogP contribution in [-0.4, -0.2) is 30.4 Å². The maximum Gasteiger partial charge on any atom is 0.306 e. The van der Waals surface area contributed by atoms with Crippen LogP contribution in [0.2, 0.25) is 5.02 Å². The first-order chi connectivity index (χ1) is 13.9. The van der Waals surface area contributed by atoms with Crippen molar-refractivity contribution in [3.8, 4) is 0 Å². The number of hydrogen-bond acceptors (Lipinski definition) is 6. The zero-order valence-corrected chi connectivity index (χ0v) is 16.6. The van der Waals surface area contributed by atoms with Crippen LogP contribution in [-0.2, 0) is 14.3 Å². The molecule has 1 heterocycles. The number of hydrogen-bond donors (Lipinski definition) is 2. The van der Waals surface area contributed by atoms with Gasteiger partial charge in [0, 0.05) is 6.07 Å². The summed E-state index contributed by atoms with van der Waals surface area (Å²) in [5.41, 5.74) is 6.15. The van der Waals surface area contributed by atoms with Crippen LogP contribution < -0.4 is 11.2 Å². The van der Waals surface area contributed by atoms with Crippen molar-refractivity contribution in [3.05, 3.63) is 63.3 Å². The van der Waals surface area contributed by atoms with Gasteiger partial charge in [-0.15, -0.1) is 0 Å². The van der Waals surface area contributed by atoms with E-state index in [0.717, 1.165) is 0 Å². The molecule has 3 rings (SSSR count). The minimum Gasteiger partial charge on any atom is -0.495 e. The monoisotopic (exact) mass is 419 g/mol. The fourth-order valence-corrected chi connectivity index (χ4v) is 3.35. The van der Waals surface area contributed by atoms with Gasteiger partial charge in [0.15, 0.2) is 11.0 Å². The van der Waals surface area contributed by atoms with Gasteiger partial charge in [0.2, 0.25) is 0 Å². The lowest BCUT2D eigenvalue weighted by Gasteiger charge is -2.32. The van der Waals surface area contributed by atoms with Gasteiger partial charge < -0.3 is 24.7 Å². The summed E-state index contributed by atoms with van der Waals surface area (Å²) >= 11 is 6.17. The van der Waals surface area contributed by atoms with E-state index in [1.165, 1.54) is 12.3 Å². The standard InChI is InChI=1S/C21H22ClNO6/c1-12(27-7-8-28-14-9-13(10-14)21(25)26)15(5-6-23)19-11-18(24)16-3-2-4-17(22)20(16)29-19/h2-6,11,13-14H,7-10,23H2,1H3,(H,25,26)/b6-5-,15-12-. The number of fused-ring (bicyclic) bond motifs is 1. The molecule has 1 aliphatic rings. The second-order valence-electron chi connectivity index (χ2n) is 6.77. The van der Waals surface area contributed by atoms with Crippen molar-refractivity contribution >= 4 is 34.1 Å². The van der Waals surface area contributed by atoms with Crippen LogP contribution in [0, 0.1) is 5.92 Å². The molecule has 0 amide bonds. The number of carboxylic acid groups (broad SMARTS) is 1. The smallest absolute Gasteiger partial charge is 0.306 e. The minimum atomic E-state index is -0.782. The predicted molar refractivity (Wildman–Crippen MR) is 109 cm³/mol. The van der Waals surface area contributed by atoms with E-state index in [0.29, 0.717) is 52.5 Å². The van der Waals surface area contributed by atoms with E-state index in [-0.39, 0.29) is 24.1 Å². The van der Waals surface area contributed by atoms with Crippen molar-refractivity contribution in [2.24, 2.45) is 11.7 Å². The summed E-state index contributed by atoms with van der Waals surface area (Å²) in [6.45, 7) is 2.32. The summed E-state index contributed by atoms with van der Waals surface area (Å²) in [6, 6.07) is 6.36. The van der Waals surface area contributed by atoms with E-state index in [1.54, 1.807) is 31.2 Å². The minimum absolute atomic E-state index is 0.0481. The molecular weight excluding hydrogens is 398 g/mol. The highest BCUT2D eigenvalue weighted by molar-refractivity contribution is 6.34. The molecule has 0 atom stereocenters. The molecule has 1 saturated carbocycles. The molecule has 3 N–H and O–H groups in total. The van der Waals surface area contributed by atoms with Gasteiger partial charge in [-0.05, 0) is 44.2 Å². The summed E-state index contributed by atoms with van der Waals surface area (Å²) in [5, 5.41) is 9.61. The quantitative estimate of drug-likeness (QED) is 0.382. The normalized spacial score (nSPS) is 19.8. The Morgan fingerprint density at radius 1 is 1.38 bits per heavy atom. The number of ether oxygens (including phenoxy) is 2. The fraction of sp³-hybridized carbons (Fsp3) is 0.333. The zero-order valence-electron chi connectivity index (χ0n) is 15.9. The van der Waals surface area contributed by atoms with Gasteiger partial charge in [0.1, 0.15) is 18.1 Å². The first-order valence-electron chi connectivity index (χ1n) is 9.19. The highest BCUT2D eigenvalue weighted by Crippen LogP contribution is 2.30. The van der Waals surface area contributed by atoms with Crippen molar-refractivity contribution in [2.45, 2.75) is 25.9 Å². The Hall–Kier alpha value is -2.77. The van der Waals surface area contributed by atoms with Gasteiger partial charge in [0.25, 0.3) is 0 Å². The average Bonchev–Trinajstić information content (AvgIpc) is 2.64. The second-order valence-corrected chi connectivity index (χ2v) is 7.18. The molecule has 154 valence electrons. The summed E-state index contributed by atoms with van der Waals surface area (Å²) in [7, 11) is 0. The Kier molecular flexibility index (Phi) is 6.61. The van der Waals surface area contributed by atoms with E-state index >= 15 is 0 Å². The van der Waals surface area contributed by atoms with Crippen LogP contribution in [0.25, 0.3) is 16.5 Å². The lowest BCUT2D eigenvalue weighted by Crippen LogP contribution is -2.36. The molecule has 1 aromatic heterocycles. The van der Waals surface area contributed by atoms with Crippen molar-refractivity contribution in [2.75, 3.05) is 13.2 Å². The van der Waals surface area contributed by atoms with Crippen LogP contribution in [0.5, 0.6) is 0 Å². The Balaban J connectivity index is 1.70. The highest BCUT2D eigenvalue weighted by Gasteiger charge is 2.34. The first-order valence-corrected chi connectivity index (χ1v) is 9.57. The SMILES string of the molecule is C/C(OCCOC1CC(C(=O)O)C1)=C(\C=C/N)c1cc(=O)c2cccc(Cl)c2o1. The number of rotatable bonds is 8. The summed E-state index contributed by atoms with van der Waals surface area (Å²) in [4.78, 5) is 23.2. The summed E-state index contributed by atoms with van der Waals surface area (Å²) in [5.74, 6) is -0.303. The summed E-state index contributed by atoms with van der Waals surface area (Å²) in [6.07, 6.45) is 3.91. The Labute approximate surface area is 172 Å². The van der Waals surface area contributed by atoms with Gasteiger partial charge >= 0.3 is 5.97 Å². The lowest BCUT2D eigenvalue weighted by molar-refractivity contribution is -0.151. The van der Waals surface area contributed by atoms with Crippen molar-refractivity contribution in [1.82, 2.24) is 0 Å². The molecule has 0 spiro atoms. The predicted octanol–water partition coefficient (Wildman–Crippen LogP) is 3.55. The number of nitrogens with two attached hydrogens (primary N) is 1. The molecule has 8 heteroatoms. The van der Waals surface area contributed by atoms with Crippen LogP contribution in [0.15, 0.2) is 51.5 Å². The topological polar surface area (TPSA) is 112 Å². The molecule has 7 nitrogen and oxygen atoms in total. The molecule has 2 aromatic rings. The second kappa shape index (κ2) is 9.15. The Bertz CT molecular complexity index is 1020. The maximum absolute atomic E-state index is 12.4. The van der Waals surface area contributed by atoms with Gasteiger partial charge in [-0.1, -0.05) is 17.7 Å². The lowest BCUT2D eigenvalue weighted by atomic mass is 9.82. The first kappa shape index (κ1) is 21.0. The molecular formula is C21H22ClNO6. The van der Waals surface area contributed by atoms with Crippen molar-refractivity contribution in [3.63, 3.8) is 0 Å². The summed E-state index contributed by atoms with van der Waals surface area (Å²) < 4.78 is 17.2. The molecule has 0 radical (unpaired) electrons.